The molecule has 1 aromatic rings. The van der Waals surface area contributed by atoms with Gasteiger partial charge in [0.1, 0.15) is 5.75 Å². The predicted molar refractivity (Wildman–Crippen MR) is 62.7 cm³/mol. The van der Waals surface area contributed by atoms with E-state index in [9.17, 15) is 23.1 Å². The van der Waals surface area contributed by atoms with Gasteiger partial charge in [-0.05, 0) is 25.1 Å². The van der Waals surface area contributed by atoms with Crippen LogP contribution in [0.15, 0.2) is 24.3 Å². The van der Waals surface area contributed by atoms with Crippen molar-refractivity contribution in [3.63, 3.8) is 0 Å². The third-order valence-corrected chi connectivity index (χ3v) is 3.28. The van der Waals surface area contributed by atoms with E-state index in [1.165, 1.54) is 24.3 Å². The number of nitrogens with one attached hydrogen (secondary N) is 2. The molecule has 7 heteroatoms. The summed E-state index contributed by atoms with van der Waals surface area (Å²) in [4.78, 5) is 12.0. The highest BCUT2D eigenvalue weighted by molar-refractivity contribution is 5.97. The quantitative estimate of drug-likeness (QED) is 0.721. The molecular formula is C12H13F3N2O2. The molecule has 1 aliphatic heterocycles. The minimum Gasteiger partial charge on any atom is -0.506 e. The fraction of sp³-hybridized carbons (Fsp3) is 0.417. The van der Waals surface area contributed by atoms with Crippen LogP contribution < -0.4 is 10.6 Å². The second-order valence-corrected chi connectivity index (χ2v) is 4.48. The number of aromatic hydroxyl groups is 1. The van der Waals surface area contributed by atoms with Crippen molar-refractivity contribution in [2.45, 2.75) is 12.6 Å². The molecule has 1 amide bonds. The van der Waals surface area contributed by atoms with Gasteiger partial charge in [-0.1, -0.05) is 12.1 Å². The largest absolute Gasteiger partial charge is 0.506 e. The molecule has 1 fully saturated rings. The molecule has 3 N–H and O–H groups in total. The highest BCUT2D eigenvalue weighted by atomic mass is 19.4. The van der Waals surface area contributed by atoms with Gasteiger partial charge in [0.15, 0.2) is 5.41 Å². The lowest BCUT2D eigenvalue weighted by Crippen LogP contribution is -2.49. The molecule has 1 aromatic carbocycles. The number of phenolic OH excluding ortho intramolecular Hbond substituents is 1. The number of amides is 1. The molecule has 0 aromatic heterocycles. The smallest absolute Gasteiger partial charge is 0.404 e. The van der Waals surface area contributed by atoms with Gasteiger partial charge in [0.25, 0.3) is 0 Å². The lowest BCUT2D eigenvalue weighted by molar-refractivity contribution is -0.213. The lowest BCUT2D eigenvalue weighted by Gasteiger charge is -2.29. The van der Waals surface area contributed by atoms with Gasteiger partial charge in [-0.3, -0.25) is 4.79 Å². The number of rotatable bonds is 2. The number of carbonyl (C=O) groups is 1. The number of para-hydroxylation sites is 2. The van der Waals surface area contributed by atoms with Crippen molar-refractivity contribution in [1.29, 1.82) is 0 Å². The van der Waals surface area contributed by atoms with Crippen LogP contribution >= 0.6 is 0 Å². The summed E-state index contributed by atoms with van der Waals surface area (Å²) in [5.41, 5.74) is -2.46. The lowest BCUT2D eigenvalue weighted by atomic mass is 9.85. The summed E-state index contributed by atoms with van der Waals surface area (Å²) in [7, 11) is 0. The van der Waals surface area contributed by atoms with Crippen LogP contribution in [0.5, 0.6) is 5.75 Å². The van der Waals surface area contributed by atoms with Crippen molar-refractivity contribution in [2.75, 3.05) is 18.4 Å². The average Bonchev–Trinajstić information content (AvgIpc) is 2.82. The first-order valence-corrected chi connectivity index (χ1v) is 5.74. The fourth-order valence-electron chi connectivity index (χ4n) is 2.08. The molecule has 0 saturated carbocycles. The summed E-state index contributed by atoms with van der Waals surface area (Å²) < 4.78 is 39.3. The summed E-state index contributed by atoms with van der Waals surface area (Å²) in [5.74, 6) is -1.41. The zero-order valence-corrected chi connectivity index (χ0v) is 9.92. The van der Waals surface area contributed by atoms with Crippen molar-refractivity contribution in [2.24, 2.45) is 5.41 Å². The third-order valence-electron chi connectivity index (χ3n) is 3.28. The van der Waals surface area contributed by atoms with Crippen LogP contribution in [0.3, 0.4) is 0 Å². The molecule has 104 valence electrons. The zero-order valence-electron chi connectivity index (χ0n) is 9.92. The van der Waals surface area contributed by atoms with Crippen molar-refractivity contribution in [1.82, 2.24) is 5.32 Å². The fourth-order valence-corrected chi connectivity index (χ4v) is 2.08. The Labute approximate surface area is 107 Å². The Kier molecular flexibility index (Phi) is 3.40. The van der Waals surface area contributed by atoms with E-state index in [-0.39, 0.29) is 24.4 Å². The van der Waals surface area contributed by atoms with Crippen LogP contribution in [-0.2, 0) is 4.79 Å². The second-order valence-electron chi connectivity index (χ2n) is 4.48. The molecule has 2 rings (SSSR count). The number of phenols is 1. The maximum atomic E-state index is 13.1. The molecule has 4 nitrogen and oxygen atoms in total. The van der Waals surface area contributed by atoms with Gasteiger partial charge in [-0.2, -0.15) is 13.2 Å². The topological polar surface area (TPSA) is 61.4 Å². The van der Waals surface area contributed by atoms with Crippen LogP contribution in [0.1, 0.15) is 6.42 Å². The first-order valence-electron chi connectivity index (χ1n) is 5.74. The summed E-state index contributed by atoms with van der Waals surface area (Å²) in [6.07, 6.45) is -4.94. The Morgan fingerprint density at radius 3 is 2.58 bits per heavy atom. The monoisotopic (exact) mass is 274 g/mol. The molecule has 1 aliphatic rings. The number of halogens is 3. The van der Waals surface area contributed by atoms with Gasteiger partial charge >= 0.3 is 6.18 Å². The van der Waals surface area contributed by atoms with Crippen molar-refractivity contribution in [3.05, 3.63) is 24.3 Å². The van der Waals surface area contributed by atoms with Gasteiger partial charge < -0.3 is 15.7 Å². The molecule has 1 atom stereocenters. The number of benzene rings is 1. The van der Waals surface area contributed by atoms with Gasteiger partial charge in [0.2, 0.25) is 5.91 Å². The number of carbonyl (C=O) groups excluding carboxylic acids is 1. The Hall–Kier alpha value is -1.76. The predicted octanol–water partition coefficient (Wildman–Crippen LogP) is 1.87. The Bertz CT molecular complexity index is 482. The van der Waals surface area contributed by atoms with E-state index >= 15 is 0 Å². The average molecular weight is 274 g/mol. The first kappa shape index (κ1) is 13.7. The van der Waals surface area contributed by atoms with Gasteiger partial charge in [-0.15, -0.1) is 0 Å². The van der Waals surface area contributed by atoms with Crippen molar-refractivity contribution in [3.8, 4) is 5.75 Å². The minimum atomic E-state index is -4.63. The maximum Gasteiger partial charge on any atom is 0.404 e. The van der Waals surface area contributed by atoms with Crippen LogP contribution in [0.2, 0.25) is 0 Å². The van der Waals surface area contributed by atoms with Crippen LogP contribution in [0, 0.1) is 5.41 Å². The summed E-state index contributed by atoms with van der Waals surface area (Å²) in [5, 5.41) is 14.2. The van der Waals surface area contributed by atoms with Gasteiger partial charge in [0, 0.05) is 6.54 Å². The van der Waals surface area contributed by atoms with Gasteiger partial charge in [0.05, 0.1) is 5.69 Å². The summed E-state index contributed by atoms with van der Waals surface area (Å²) in [6, 6.07) is 5.67. The van der Waals surface area contributed by atoms with Crippen LogP contribution in [-0.4, -0.2) is 30.3 Å². The van der Waals surface area contributed by atoms with Crippen molar-refractivity contribution < 1.29 is 23.1 Å². The molecule has 0 radical (unpaired) electrons. The van der Waals surface area contributed by atoms with E-state index in [4.69, 9.17) is 0 Å². The molecule has 0 spiro atoms. The van der Waals surface area contributed by atoms with E-state index in [2.05, 4.69) is 10.6 Å². The van der Waals surface area contributed by atoms with Crippen molar-refractivity contribution >= 4 is 11.6 Å². The second kappa shape index (κ2) is 4.73. The first-order chi connectivity index (χ1) is 8.87. The van der Waals surface area contributed by atoms with E-state index in [1.54, 1.807) is 0 Å². The highest BCUT2D eigenvalue weighted by Gasteiger charge is 2.61. The van der Waals surface area contributed by atoms with E-state index in [0.717, 1.165) is 0 Å². The molecule has 1 unspecified atom stereocenters. The van der Waals surface area contributed by atoms with Gasteiger partial charge in [-0.25, -0.2) is 0 Å². The molecule has 0 aliphatic carbocycles. The minimum absolute atomic E-state index is 0.0250. The molecule has 1 saturated heterocycles. The normalized spacial score (nSPS) is 23.3. The van der Waals surface area contributed by atoms with E-state index in [1.807, 2.05) is 0 Å². The number of hydrogen-bond acceptors (Lipinski definition) is 3. The zero-order chi connectivity index (χ0) is 14.1. The standard InChI is InChI=1S/C12H13F3N2O2/c13-12(14,15)11(5-6-16-7-11)10(19)17-8-3-1-2-4-9(8)18/h1-4,16,18H,5-7H2,(H,17,19). The highest BCUT2D eigenvalue weighted by Crippen LogP contribution is 2.44. The molecule has 1 heterocycles. The van der Waals surface area contributed by atoms with Crippen LogP contribution in [0.4, 0.5) is 18.9 Å². The molecule has 0 bridgehead atoms. The summed E-state index contributed by atoms with van der Waals surface area (Å²) in [6.45, 7) is -0.316. The number of alkyl halides is 3. The molecule has 19 heavy (non-hydrogen) atoms. The Balaban J connectivity index is 2.25. The molecular weight excluding hydrogens is 261 g/mol. The Morgan fingerprint density at radius 2 is 2.05 bits per heavy atom. The third kappa shape index (κ3) is 2.37. The van der Waals surface area contributed by atoms with Crippen LogP contribution in [0.25, 0.3) is 0 Å². The number of hydrogen-bond donors (Lipinski definition) is 3. The summed E-state index contributed by atoms with van der Waals surface area (Å²) >= 11 is 0. The SMILES string of the molecule is O=C(Nc1ccccc1O)C1(C(F)(F)F)CCNC1. The van der Waals surface area contributed by atoms with E-state index < -0.39 is 24.0 Å². The Morgan fingerprint density at radius 1 is 1.37 bits per heavy atom. The number of anilines is 1. The maximum absolute atomic E-state index is 13.1. The van der Waals surface area contributed by atoms with E-state index in [0.29, 0.717) is 0 Å².